The van der Waals surface area contributed by atoms with Crippen LogP contribution in [0.15, 0.2) is 18.2 Å². The fraction of sp³-hybridized carbons (Fsp3) is 0.562. The van der Waals surface area contributed by atoms with Gasteiger partial charge in [-0.15, -0.1) is 0 Å². The van der Waals surface area contributed by atoms with Crippen molar-refractivity contribution in [1.29, 1.82) is 0 Å². The topological polar surface area (TPSA) is 60.8 Å². The highest BCUT2D eigenvalue weighted by Gasteiger charge is 2.36. The second-order valence-corrected chi connectivity index (χ2v) is 5.99. The van der Waals surface area contributed by atoms with Gasteiger partial charge in [0.2, 0.25) is 0 Å². The van der Waals surface area contributed by atoms with Crippen LogP contribution in [0.2, 0.25) is 0 Å². The first-order valence-corrected chi connectivity index (χ1v) is 7.49. The van der Waals surface area contributed by atoms with Crippen LogP contribution in [0.4, 0.5) is 0 Å². The molecule has 108 valence electrons. The van der Waals surface area contributed by atoms with Crippen molar-refractivity contribution in [2.75, 3.05) is 6.54 Å². The minimum atomic E-state index is -0.0643. The lowest BCUT2D eigenvalue weighted by molar-refractivity contribution is 0.0390. The van der Waals surface area contributed by atoms with Crippen molar-refractivity contribution in [3.8, 4) is 11.5 Å². The van der Waals surface area contributed by atoms with Gasteiger partial charge in [0.1, 0.15) is 11.5 Å². The molecule has 1 aliphatic heterocycles. The molecule has 1 aromatic rings. The van der Waals surface area contributed by atoms with E-state index in [9.17, 15) is 15.0 Å². The van der Waals surface area contributed by atoms with Crippen molar-refractivity contribution in [2.24, 2.45) is 5.92 Å². The Kier molecular flexibility index (Phi) is 3.55. The number of aromatic hydroxyl groups is 2. The van der Waals surface area contributed by atoms with Gasteiger partial charge in [-0.25, -0.2) is 0 Å². The predicted molar refractivity (Wildman–Crippen MR) is 75.8 cm³/mol. The Morgan fingerprint density at radius 2 is 1.65 bits per heavy atom. The van der Waals surface area contributed by atoms with E-state index in [1.54, 1.807) is 0 Å². The van der Waals surface area contributed by atoms with Gasteiger partial charge in [0.25, 0.3) is 5.91 Å². The third-order valence-electron chi connectivity index (χ3n) is 4.65. The van der Waals surface area contributed by atoms with E-state index in [0.29, 0.717) is 17.5 Å². The van der Waals surface area contributed by atoms with Gasteiger partial charge >= 0.3 is 0 Å². The summed E-state index contributed by atoms with van der Waals surface area (Å²) in [5.74, 6) is 0.441. The van der Waals surface area contributed by atoms with Crippen LogP contribution >= 0.6 is 0 Å². The average molecular weight is 275 g/mol. The summed E-state index contributed by atoms with van der Waals surface area (Å²) < 4.78 is 0. The van der Waals surface area contributed by atoms with Gasteiger partial charge in [-0.05, 0) is 43.7 Å². The number of piperidine rings is 1. The third kappa shape index (κ3) is 2.47. The Hall–Kier alpha value is -1.71. The maximum atomic E-state index is 12.7. The fourth-order valence-electron chi connectivity index (χ4n) is 3.76. The number of carbonyl (C=O) groups excluding carboxylic acids is 1. The van der Waals surface area contributed by atoms with Gasteiger partial charge in [0, 0.05) is 24.2 Å². The molecule has 2 N–H and O–H groups in total. The number of phenolic OH excluding ortho intramolecular Hbond substituents is 2. The Labute approximate surface area is 119 Å². The molecule has 0 unspecified atom stereocenters. The number of hydrogen-bond donors (Lipinski definition) is 2. The quantitative estimate of drug-likeness (QED) is 0.828. The van der Waals surface area contributed by atoms with E-state index >= 15 is 0 Å². The van der Waals surface area contributed by atoms with Crippen molar-refractivity contribution in [2.45, 2.75) is 44.6 Å². The summed E-state index contributed by atoms with van der Waals surface area (Å²) in [4.78, 5) is 14.6. The van der Waals surface area contributed by atoms with E-state index in [-0.39, 0.29) is 17.4 Å². The minimum absolute atomic E-state index is 0.0622. The molecule has 1 amide bonds. The van der Waals surface area contributed by atoms with Crippen LogP contribution in [0.5, 0.6) is 11.5 Å². The van der Waals surface area contributed by atoms with Crippen molar-refractivity contribution in [3.63, 3.8) is 0 Å². The van der Waals surface area contributed by atoms with Crippen LogP contribution < -0.4 is 0 Å². The molecule has 1 saturated carbocycles. The number of carbonyl (C=O) groups is 1. The molecule has 0 aromatic heterocycles. The number of amides is 1. The number of benzene rings is 1. The summed E-state index contributed by atoms with van der Waals surface area (Å²) in [6.07, 6.45) is 7.05. The molecule has 4 heteroatoms. The summed E-state index contributed by atoms with van der Waals surface area (Å²) >= 11 is 0. The SMILES string of the molecule is O=C(c1cc(O)cc(O)c1)N1CCC[C@H]2CCCC[C@H]21. The highest BCUT2D eigenvalue weighted by Crippen LogP contribution is 2.36. The van der Waals surface area contributed by atoms with Crippen LogP contribution in [0.1, 0.15) is 48.9 Å². The molecule has 2 fully saturated rings. The lowest BCUT2D eigenvalue weighted by Crippen LogP contribution is -2.49. The molecule has 1 aliphatic carbocycles. The zero-order valence-electron chi connectivity index (χ0n) is 11.6. The van der Waals surface area contributed by atoms with E-state index in [2.05, 4.69) is 0 Å². The van der Waals surface area contributed by atoms with Crippen LogP contribution in [-0.2, 0) is 0 Å². The van der Waals surface area contributed by atoms with Gasteiger partial charge in [0.15, 0.2) is 0 Å². The van der Waals surface area contributed by atoms with E-state index in [0.717, 1.165) is 19.4 Å². The van der Waals surface area contributed by atoms with Gasteiger partial charge < -0.3 is 15.1 Å². The standard InChI is InChI=1S/C16H21NO3/c18-13-8-12(9-14(19)10-13)16(20)17-7-3-5-11-4-1-2-6-15(11)17/h8-11,15,18-19H,1-7H2/t11-,15-/m1/s1. The van der Waals surface area contributed by atoms with Gasteiger partial charge in [-0.1, -0.05) is 12.8 Å². The Morgan fingerprint density at radius 1 is 1.00 bits per heavy atom. The highest BCUT2D eigenvalue weighted by atomic mass is 16.3. The first-order valence-electron chi connectivity index (χ1n) is 7.49. The molecular weight excluding hydrogens is 254 g/mol. The molecule has 4 nitrogen and oxygen atoms in total. The van der Waals surface area contributed by atoms with Crippen molar-refractivity contribution in [1.82, 2.24) is 4.90 Å². The Morgan fingerprint density at radius 3 is 2.40 bits per heavy atom. The lowest BCUT2D eigenvalue weighted by Gasteiger charge is -2.44. The van der Waals surface area contributed by atoms with E-state index in [4.69, 9.17) is 0 Å². The predicted octanol–water partition coefficient (Wildman–Crippen LogP) is 2.89. The largest absolute Gasteiger partial charge is 0.508 e. The molecule has 1 saturated heterocycles. The second kappa shape index (κ2) is 5.35. The number of rotatable bonds is 1. The molecule has 20 heavy (non-hydrogen) atoms. The molecule has 0 spiro atoms. The summed E-state index contributed by atoms with van der Waals surface area (Å²) in [5, 5.41) is 19.1. The first-order chi connectivity index (χ1) is 9.65. The van der Waals surface area contributed by atoms with E-state index < -0.39 is 0 Å². The van der Waals surface area contributed by atoms with Crippen LogP contribution in [0, 0.1) is 5.92 Å². The Balaban J connectivity index is 1.84. The Bertz CT molecular complexity index is 492. The average Bonchev–Trinajstić information content (AvgIpc) is 2.45. The minimum Gasteiger partial charge on any atom is -0.508 e. The highest BCUT2D eigenvalue weighted by molar-refractivity contribution is 5.95. The van der Waals surface area contributed by atoms with Gasteiger partial charge in [-0.3, -0.25) is 4.79 Å². The molecule has 2 aliphatic rings. The first kappa shape index (κ1) is 13.3. The molecule has 1 aromatic carbocycles. The lowest BCUT2D eigenvalue weighted by atomic mass is 9.78. The number of phenols is 2. The fourth-order valence-corrected chi connectivity index (χ4v) is 3.76. The molecule has 0 radical (unpaired) electrons. The van der Waals surface area contributed by atoms with E-state index in [1.165, 1.54) is 43.9 Å². The second-order valence-electron chi connectivity index (χ2n) is 5.99. The van der Waals surface area contributed by atoms with Gasteiger partial charge in [0.05, 0.1) is 0 Å². The van der Waals surface area contributed by atoms with E-state index in [1.807, 2.05) is 4.90 Å². The van der Waals surface area contributed by atoms with Crippen molar-refractivity contribution >= 4 is 5.91 Å². The van der Waals surface area contributed by atoms with Crippen LogP contribution in [-0.4, -0.2) is 33.6 Å². The molecule has 0 bridgehead atoms. The number of hydrogen-bond acceptors (Lipinski definition) is 3. The summed E-state index contributed by atoms with van der Waals surface area (Å²) in [6, 6.07) is 4.47. The number of likely N-dealkylation sites (tertiary alicyclic amines) is 1. The summed E-state index contributed by atoms with van der Waals surface area (Å²) in [6.45, 7) is 0.788. The third-order valence-corrected chi connectivity index (χ3v) is 4.65. The van der Waals surface area contributed by atoms with Crippen molar-refractivity contribution in [3.05, 3.63) is 23.8 Å². The monoisotopic (exact) mass is 275 g/mol. The van der Waals surface area contributed by atoms with Gasteiger partial charge in [-0.2, -0.15) is 0 Å². The molecule has 3 rings (SSSR count). The maximum absolute atomic E-state index is 12.7. The summed E-state index contributed by atoms with van der Waals surface area (Å²) in [5.41, 5.74) is 0.383. The van der Waals surface area contributed by atoms with Crippen LogP contribution in [0.3, 0.4) is 0 Å². The zero-order valence-corrected chi connectivity index (χ0v) is 11.6. The number of fused-ring (bicyclic) bond motifs is 1. The molecule has 2 atom stereocenters. The molecule has 1 heterocycles. The number of nitrogens with zero attached hydrogens (tertiary/aromatic N) is 1. The molecular formula is C16H21NO3. The zero-order chi connectivity index (χ0) is 14.1. The van der Waals surface area contributed by atoms with Crippen LogP contribution in [0.25, 0.3) is 0 Å². The maximum Gasteiger partial charge on any atom is 0.254 e. The summed E-state index contributed by atoms with van der Waals surface area (Å²) in [7, 11) is 0. The smallest absolute Gasteiger partial charge is 0.254 e. The normalized spacial score (nSPS) is 26.1. The van der Waals surface area contributed by atoms with Crippen molar-refractivity contribution < 1.29 is 15.0 Å².